The second-order valence-electron chi connectivity index (χ2n) is 5.52. The van der Waals surface area contributed by atoms with Gasteiger partial charge >= 0.3 is 0 Å². The Bertz CT molecular complexity index is 299. The van der Waals surface area contributed by atoms with Gasteiger partial charge in [0, 0.05) is 13.1 Å². The van der Waals surface area contributed by atoms with Crippen molar-refractivity contribution in [1.82, 2.24) is 4.90 Å². The zero-order valence-corrected chi connectivity index (χ0v) is 17.0. The normalized spacial score (nSPS) is 12.4. The number of aliphatic hydroxyl groups excluding tert-OH is 1. The molecule has 0 aliphatic carbocycles. The van der Waals surface area contributed by atoms with Gasteiger partial charge in [0.05, 0.1) is 33.3 Å². The fourth-order valence-electron chi connectivity index (χ4n) is 1.69. The third kappa shape index (κ3) is 17.9. The molecule has 0 aliphatic heterocycles. The monoisotopic (exact) mass is 386 g/mol. The predicted molar refractivity (Wildman–Crippen MR) is 103 cm³/mol. The Balaban J connectivity index is -0.000000149. The van der Waals surface area contributed by atoms with Gasteiger partial charge < -0.3 is 22.0 Å². The number of rotatable bonds is 10. The molecule has 2 atom stereocenters. The van der Waals surface area contributed by atoms with E-state index >= 15 is 0 Å². The minimum atomic E-state index is -0.549. The summed E-state index contributed by atoms with van der Waals surface area (Å²) in [7, 11) is 4.31. The van der Waals surface area contributed by atoms with Crippen LogP contribution in [0.25, 0.3) is 0 Å². The molecule has 0 aromatic rings. The van der Waals surface area contributed by atoms with Gasteiger partial charge in [-0.1, -0.05) is 25.3 Å². The van der Waals surface area contributed by atoms with E-state index in [0.29, 0.717) is 13.1 Å². The number of aliphatic hydroxyl groups is 1. The number of alkyl halides is 1. The maximum Gasteiger partial charge on any atom is 0.111 e. The Morgan fingerprint density at radius 3 is 1.57 bits per heavy atom. The molecule has 23 heavy (non-hydrogen) atoms. The first-order chi connectivity index (χ1) is 9.75. The molecule has 0 saturated heterocycles. The Labute approximate surface area is 160 Å². The molecule has 0 amide bonds. The van der Waals surface area contributed by atoms with Crippen LogP contribution in [-0.2, 0) is 0 Å². The van der Waals surface area contributed by atoms with Crippen LogP contribution >= 0.6 is 24.0 Å². The molecule has 0 radical (unpaired) electrons. The molecule has 0 aliphatic rings. The van der Waals surface area contributed by atoms with Gasteiger partial charge in [0.25, 0.3) is 0 Å². The quantitative estimate of drug-likeness (QED) is 0.255. The van der Waals surface area contributed by atoms with E-state index in [4.69, 9.17) is 11.6 Å². The molecule has 2 unspecified atom stereocenters. The van der Waals surface area contributed by atoms with Gasteiger partial charge in [-0.25, -0.2) is 0 Å². The maximum absolute atomic E-state index is 9.20. The summed E-state index contributed by atoms with van der Waals surface area (Å²) < 4.78 is 0.951. The molecule has 0 rings (SSSR count). The van der Waals surface area contributed by atoms with Crippen molar-refractivity contribution < 1.29 is 22.0 Å². The van der Waals surface area contributed by atoms with Gasteiger partial charge in [0.15, 0.2) is 0 Å². The molecule has 3 nitrogen and oxygen atoms in total. The lowest BCUT2D eigenvalue weighted by molar-refractivity contribution is -0.878. The third-order valence-electron chi connectivity index (χ3n) is 2.72. The van der Waals surface area contributed by atoms with Crippen molar-refractivity contribution >= 4 is 24.0 Å². The lowest BCUT2D eigenvalue weighted by Gasteiger charge is -2.26. The molecule has 0 spiro atoms. The summed E-state index contributed by atoms with van der Waals surface area (Å²) in [4.78, 5) is 1.88. The summed E-state index contributed by atoms with van der Waals surface area (Å²) in [5, 5.41) is 9.20. The highest BCUT2D eigenvalue weighted by atomic mass is 35.5. The molecule has 0 fully saturated rings. The molecule has 0 aromatic carbocycles. The average molecular weight is 388 g/mol. The highest BCUT2D eigenvalue weighted by Gasteiger charge is 2.17. The summed E-state index contributed by atoms with van der Waals surface area (Å²) in [5.74, 6) is 0. The zero-order valence-electron chi connectivity index (χ0n) is 14.6. The fourth-order valence-corrected chi connectivity index (χ4v) is 1.85. The largest absolute Gasteiger partial charge is 1.00 e. The summed E-state index contributed by atoms with van der Waals surface area (Å²) >= 11 is 5.92. The minimum absolute atomic E-state index is 0. The van der Waals surface area contributed by atoms with Crippen molar-refractivity contribution in [3.63, 3.8) is 0 Å². The van der Waals surface area contributed by atoms with Crippen LogP contribution in [0.5, 0.6) is 0 Å². The Kier molecular flexibility index (Phi) is 24.0. The molecule has 0 aromatic heterocycles. The van der Waals surface area contributed by atoms with E-state index in [9.17, 15) is 5.11 Å². The zero-order chi connectivity index (χ0) is 16.9. The maximum atomic E-state index is 9.20. The van der Waals surface area contributed by atoms with Crippen LogP contribution in [0.4, 0.5) is 0 Å². The van der Waals surface area contributed by atoms with Crippen LogP contribution in [0.2, 0.25) is 0 Å². The second kappa shape index (κ2) is 18.1. The van der Waals surface area contributed by atoms with Crippen molar-refractivity contribution in [1.29, 1.82) is 0 Å². The lowest BCUT2D eigenvalue weighted by atomic mass is 10.3. The molecule has 0 heterocycles. The van der Waals surface area contributed by atoms with Gasteiger partial charge in [-0.3, -0.25) is 4.90 Å². The topological polar surface area (TPSA) is 23.5 Å². The summed E-state index contributed by atoms with van der Waals surface area (Å²) in [6.07, 6.45) is 6.82. The van der Waals surface area contributed by atoms with Gasteiger partial charge in [0.2, 0.25) is 0 Å². The lowest BCUT2D eigenvalue weighted by Crippen LogP contribution is -3.00. The first-order valence-electron chi connectivity index (χ1n) is 7.07. The van der Waals surface area contributed by atoms with Crippen LogP contribution in [-0.4, -0.2) is 66.4 Å². The summed E-state index contributed by atoms with van der Waals surface area (Å²) in [6.45, 7) is 19.6. The van der Waals surface area contributed by atoms with Crippen LogP contribution in [0.15, 0.2) is 50.6 Å². The van der Waals surface area contributed by atoms with Crippen LogP contribution in [0.1, 0.15) is 6.92 Å². The van der Waals surface area contributed by atoms with E-state index in [2.05, 4.69) is 40.4 Å². The smallest absolute Gasteiger partial charge is 0.111 e. The van der Waals surface area contributed by atoms with Crippen molar-refractivity contribution in [2.24, 2.45) is 0 Å². The molecule has 1 N–H and O–H groups in total. The fraction of sp³-hybridized carbons (Fsp3) is 0.529. The van der Waals surface area contributed by atoms with E-state index in [1.54, 1.807) is 19.1 Å². The van der Waals surface area contributed by atoms with E-state index in [-0.39, 0.29) is 30.3 Å². The molecule has 0 saturated carbocycles. The van der Waals surface area contributed by atoms with Gasteiger partial charge in [-0.2, -0.15) is 0 Å². The highest BCUT2D eigenvalue weighted by Crippen LogP contribution is 2.09. The van der Waals surface area contributed by atoms with Gasteiger partial charge in [-0.15, -0.1) is 37.2 Å². The minimum Gasteiger partial charge on any atom is -1.00 e. The number of hydrogen-bond donors (Lipinski definition) is 1. The van der Waals surface area contributed by atoms with E-state index in [1.165, 1.54) is 0 Å². The number of quaternary nitrogens is 1. The number of halogens is 3. The third-order valence-corrected chi connectivity index (χ3v) is 3.36. The van der Waals surface area contributed by atoms with E-state index in [1.807, 2.05) is 17.1 Å². The van der Waals surface area contributed by atoms with Crippen molar-refractivity contribution in [3.05, 3.63) is 50.6 Å². The number of likely N-dealkylation sites (N-methyl/N-ethyl adjacent to an activating group) is 1. The predicted octanol–water partition coefficient (Wildman–Crippen LogP) is 0.467. The Morgan fingerprint density at radius 2 is 1.35 bits per heavy atom. The molecule has 6 heteroatoms. The average Bonchev–Trinajstić information content (AvgIpc) is 2.38. The summed E-state index contributed by atoms with van der Waals surface area (Å²) in [6, 6.07) is 0. The first kappa shape index (κ1) is 30.6. The number of hydrogen-bond acceptors (Lipinski definition) is 2. The van der Waals surface area contributed by atoms with Crippen LogP contribution < -0.4 is 12.4 Å². The molecule has 138 valence electrons. The number of nitrogens with zero attached hydrogens (tertiary/aromatic N) is 2. The van der Waals surface area contributed by atoms with Crippen molar-refractivity contribution in [2.45, 2.75) is 18.5 Å². The SMILES string of the molecule is C=CCN(CC=C)C(Cl)C(C)O.C=CC[N+](C)(C)CC=C.Cl.[Cl-]. The standard InChI is InChI=1S/C9H16ClNO.C8H16N.2ClH/c1-4-6-11(7-5-2)9(10)8(3)12;1-5-7-9(3,4)8-6-2;;/h4-5,8-9,12H,1-2,6-7H2,3H3;5-6H,1-2,7-8H2,3-4H3;2*1H/q;+1;;/p-1. The van der Waals surface area contributed by atoms with Crippen molar-refractivity contribution in [2.75, 3.05) is 40.3 Å². The van der Waals surface area contributed by atoms with Gasteiger partial charge in [-0.05, 0) is 19.1 Å². The van der Waals surface area contributed by atoms with E-state index in [0.717, 1.165) is 17.6 Å². The first-order valence-corrected chi connectivity index (χ1v) is 7.51. The Hall–Kier alpha value is -0.290. The van der Waals surface area contributed by atoms with Crippen molar-refractivity contribution in [3.8, 4) is 0 Å². The molecular formula is C17H33Cl3N2O. The van der Waals surface area contributed by atoms with E-state index < -0.39 is 6.10 Å². The highest BCUT2D eigenvalue weighted by molar-refractivity contribution is 6.20. The molecule has 0 bridgehead atoms. The Morgan fingerprint density at radius 1 is 1.00 bits per heavy atom. The molecular weight excluding hydrogens is 355 g/mol. The second-order valence-corrected chi connectivity index (χ2v) is 5.97. The van der Waals surface area contributed by atoms with Crippen LogP contribution in [0.3, 0.4) is 0 Å². The van der Waals surface area contributed by atoms with Crippen LogP contribution in [0, 0.1) is 0 Å². The summed E-state index contributed by atoms with van der Waals surface area (Å²) in [5.41, 5.74) is -0.374. The van der Waals surface area contributed by atoms with Gasteiger partial charge in [0.1, 0.15) is 5.50 Å².